The van der Waals surface area contributed by atoms with Gasteiger partial charge in [-0.05, 0) is 69.7 Å². The molecule has 0 saturated heterocycles. The molecule has 2 amide bonds. The van der Waals surface area contributed by atoms with Crippen LogP contribution < -0.4 is 10.6 Å². The number of carbonyl (C=O) groups is 3. The molecule has 0 bridgehead atoms. The summed E-state index contributed by atoms with van der Waals surface area (Å²) in [5.41, 5.74) is 3.07. The number of carboxylic acid groups (broad SMARTS) is 1. The molecule has 0 fully saturated rings. The maximum atomic E-state index is 14.9. The number of amides is 2. The predicted octanol–water partition coefficient (Wildman–Crippen LogP) is 6.43. The Balaban J connectivity index is 1.38. The molecule has 220 valence electrons. The number of ether oxygens (including phenoxy) is 1. The van der Waals surface area contributed by atoms with Crippen molar-refractivity contribution in [3.8, 4) is 22.4 Å². The standard InChI is InChI=1S/C33H30FN3O5S/c1-20-5-11-24(12-6-20)30-37-28(19-43-30)29(38)36-27(31(39)40)18-22-8-14-23(26(34)17-22)13-7-21-9-15-25(16-10-21)35-32(41)42-33(2,3)4/h5-6,8-12,14-17,19,27H,18H2,1-4H3,(H,35,41)(H,36,38)(H,39,40)/t27-/m0/s1. The van der Waals surface area contributed by atoms with E-state index < -0.39 is 35.4 Å². The molecular formula is C33H30FN3O5S. The van der Waals surface area contributed by atoms with Crippen LogP contribution >= 0.6 is 11.3 Å². The third-order valence-electron chi connectivity index (χ3n) is 5.98. The molecule has 0 aliphatic carbocycles. The summed E-state index contributed by atoms with van der Waals surface area (Å²) in [6.45, 7) is 7.28. The van der Waals surface area contributed by atoms with Crippen LogP contribution in [0, 0.1) is 24.6 Å². The van der Waals surface area contributed by atoms with Gasteiger partial charge in [0.25, 0.3) is 5.91 Å². The molecule has 4 aromatic rings. The molecule has 43 heavy (non-hydrogen) atoms. The first kappa shape index (κ1) is 30.9. The van der Waals surface area contributed by atoms with Crippen LogP contribution in [-0.4, -0.2) is 39.7 Å². The molecule has 0 aliphatic rings. The molecule has 10 heteroatoms. The molecule has 1 heterocycles. The summed E-state index contributed by atoms with van der Waals surface area (Å²) in [5, 5.41) is 17.0. The van der Waals surface area contributed by atoms with Crippen molar-refractivity contribution in [2.75, 3.05) is 5.32 Å². The highest BCUT2D eigenvalue weighted by molar-refractivity contribution is 7.13. The van der Waals surface area contributed by atoms with Crippen LogP contribution in [0.15, 0.2) is 72.1 Å². The molecule has 0 aliphatic heterocycles. The number of aliphatic carboxylic acids is 1. The number of hydrogen-bond acceptors (Lipinski definition) is 6. The van der Waals surface area contributed by atoms with Crippen molar-refractivity contribution >= 4 is 35.0 Å². The van der Waals surface area contributed by atoms with E-state index in [-0.39, 0.29) is 17.7 Å². The molecule has 1 aromatic heterocycles. The van der Waals surface area contributed by atoms with Crippen molar-refractivity contribution in [1.29, 1.82) is 0 Å². The molecule has 4 rings (SSSR count). The van der Waals surface area contributed by atoms with E-state index in [1.54, 1.807) is 56.5 Å². The lowest BCUT2D eigenvalue weighted by Gasteiger charge is -2.19. The second-order valence-electron chi connectivity index (χ2n) is 10.7. The van der Waals surface area contributed by atoms with Crippen molar-refractivity contribution in [3.05, 3.63) is 106 Å². The molecule has 0 unspecified atom stereocenters. The quantitative estimate of drug-likeness (QED) is 0.211. The Morgan fingerprint density at radius 1 is 1.02 bits per heavy atom. The van der Waals surface area contributed by atoms with Crippen LogP contribution in [0.1, 0.15) is 53.5 Å². The Morgan fingerprint density at radius 2 is 1.72 bits per heavy atom. The minimum atomic E-state index is -1.29. The van der Waals surface area contributed by atoms with Gasteiger partial charge in [0.15, 0.2) is 0 Å². The number of aryl methyl sites for hydroxylation is 1. The highest BCUT2D eigenvalue weighted by Gasteiger charge is 2.23. The average Bonchev–Trinajstić information content (AvgIpc) is 3.43. The number of nitrogens with one attached hydrogen (secondary N) is 2. The fourth-order valence-electron chi connectivity index (χ4n) is 3.86. The lowest BCUT2D eigenvalue weighted by atomic mass is 10.0. The first-order valence-electron chi connectivity index (χ1n) is 13.3. The minimum Gasteiger partial charge on any atom is -0.480 e. The normalized spacial score (nSPS) is 11.6. The van der Waals surface area contributed by atoms with E-state index in [0.717, 1.165) is 11.1 Å². The Kier molecular flexibility index (Phi) is 9.58. The van der Waals surface area contributed by atoms with E-state index in [1.165, 1.54) is 23.5 Å². The number of anilines is 1. The van der Waals surface area contributed by atoms with E-state index in [2.05, 4.69) is 27.5 Å². The van der Waals surface area contributed by atoms with Crippen molar-refractivity contribution in [2.45, 2.75) is 45.8 Å². The zero-order valence-electron chi connectivity index (χ0n) is 24.0. The van der Waals surface area contributed by atoms with Crippen LogP contribution in [0.25, 0.3) is 10.6 Å². The largest absolute Gasteiger partial charge is 0.480 e. The molecule has 1 atom stereocenters. The molecule has 3 aromatic carbocycles. The number of hydrogen-bond donors (Lipinski definition) is 3. The van der Waals surface area contributed by atoms with Gasteiger partial charge >= 0.3 is 12.1 Å². The Labute approximate surface area is 252 Å². The number of thiazole rings is 1. The van der Waals surface area contributed by atoms with Gasteiger partial charge in [0, 0.05) is 28.6 Å². The maximum Gasteiger partial charge on any atom is 0.412 e. The molecule has 8 nitrogen and oxygen atoms in total. The van der Waals surface area contributed by atoms with Gasteiger partial charge < -0.3 is 15.2 Å². The van der Waals surface area contributed by atoms with Crippen LogP contribution in [0.4, 0.5) is 14.9 Å². The molecule has 0 radical (unpaired) electrons. The average molecular weight is 600 g/mol. The van der Waals surface area contributed by atoms with Gasteiger partial charge in [-0.15, -0.1) is 11.3 Å². The van der Waals surface area contributed by atoms with Crippen LogP contribution in [0.5, 0.6) is 0 Å². The molecule has 0 saturated carbocycles. The number of benzene rings is 3. The van der Waals surface area contributed by atoms with Crippen molar-refractivity contribution in [3.63, 3.8) is 0 Å². The highest BCUT2D eigenvalue weighted by atomic mass is 32.1. The number of carboxylic acids is 1. The van der Waals surface area contributed by atoms with E-state index >= 15 is 0 Å². The SMILES string of the molecule is Cc1ccc(-c2nc(C(=O)N[C@@H](Cc3ccc(C#Cc4ccc(NC(=O)OC(C)(C)C)cc4)c(F)c3)C(=O)O)cs2)cc1. The van der Waals surface area contributed by atoms with Gasteiger partial charge in [-0.2, -0.15) is 0 Å². The van der Waals surface area contributed by atoms with Crippen LogP contribution in [-0.2, 0) is 16.0 Å². The molecule has 3 N–H and O–H groups in total. The molecule has 0 spiro atoms. The van der Waals surface area contributed by atoms with Gasteiger partial charge in [-0.3, -0.25) is 10.1 Å². The zero-order valence-corrected chi connectivity index (χ0v) is 24.8. The lowest BCUT2D eigenvalue weighted by Crippen LogP contribution is -2.42. The number of halogens is 1. The smallest absolute Gasteiger partial charge is 0.412 e. The number of nitrogens with zero attached hydrogens (tertiary/aromatic N) is 1. The van der Waals surface area contributed by atoms with Crippen molar-refractivity contribution in [1.82, 2.24) is 10.3 Å². The topological polar surface area (TPSA) is 118 Å². The second kappa shape index (κ2) is 13.3. The lowest BCUT2D eigenvalue weighted by molar-refractivity contribution is -0.139. The van der Waals surface area contributed by atoms with Gasteiger partial charge in [0.1, 0.15) is 28.2 Å². The van der Waals surface area contributed by atoms with Gasteiger partial charge in [0.05, 0.1) is 5.56 Å². The highest BCUT2D eigenvalue weighted by Crippen LogP contribution is 2.24. The summed E-state index contributed by atoms with van der Waals surface area (Å²) < 4.78 is 20.1. The summed E-state index contributed by atoms with van der Waals surface area (Å²) >= 11 is 1.28. The second-order valence-corrected chi connectivity index (χ2v) is 11.6. The van der Waals surface area contributed by atoms with Crippen molar-refractivity contribution < 1.29 is 28.6 Å². The van der Waals surface area contributed by atoms with Crippen molar-refractivity contribution in [2.24, 2.45) is 0 Å². The monoisotopic (exact) mass is 599 g/mol. The Bertz CT molecular complexity index is 1700. The predicted molar refractivity (Wildman–Crippen MR) is 164 cm³/mol. The van der Waals surface area contributed by atoms with Gasteiger partial charge in [0.2, 0.25) is 0 Å². The summed E-state index contributed by atoms with van der Waals surface area (Å²) in [6.07, 6.45) is -0.708. The Morgan fingerprint density at radius 3 is 2.35 bits per heavy atom. The Hall–Kier alpha value is -5.01. The number of aromatic nitrogens is 1. The van der Waals surface area contributed by atoms with Crippen LogP contribution in [0.2, 0.25) is 0 Å². The number of carbonyl (C=O) groups excluding carboxylic acids is 2. The summed E-state index contributed by atoms with van der Waals surface area (Å²) in [6, 6.07) is 17.3. The summed E-state index contributed by atoms with van der Waals surface area (Å²) in [7, 11) is 0. The molecular weight excluding hydrogens is 569 g/mol. The van der Waals surface area contributed by atoms with Crippen LogP contribution in [0.3, 0.4) is 0 Å². The van der Waals surface area contributed by atoms with E-state index in [4.69, 9.17) is 4.74 Å². The van der Waals surface area contributed by atoms with Gasteiger partial charge in [-0.1, -0.05) is 47.7 Å². The van der Waals surface area contributed by atoms with E-state index in [1.807, 2.05) is 31.2 Å². The minimum absolute atomic E-state index is 0.109. The third-order valence-corrected chi connectivity index (χ3v) is 6.88. The summed E-state index contributed by atoms with van der Waals surface area (Å²) in [4.78, 5) is 40.9. The van der Waals surface area contributed by atoms with E-state index in [9.17, 15) is 23.9 Å². The van der Waals surface area contributed by atoms with E-state index in [0.29, 0.717) is 21.8 Å². The first-order chi connectivity index (χ1) is 20.4. The fraction of sp³-hybridized carbons (Fsp3) is 0.212. The maximum absolute atomic E-state index is 14.9. The number of rotatable bonds is 7. The summed E-state index contributed by atoms with van der Waals surface area (Å²) in [5.74, 6) is 3.13. The van der Waals surface area contributed by atoms with Gasteiger partial charge in [-0.25, -0.2) is 19.0 Å². The fourth-order valence-corrected chi connectivity index (χ4v) is 4.67. The zero-order chi connectivity index (χ0) is 31.1. The first-order valence-corrected chi connectivity index (χ1v) is 14.2. The third kappa shape index (κ3) is 8.99.